The Morgan fingerprint density at radius 2 is 1.32 bits per heavy atom. The zero-order valence-electron chi connectivity index (χ0n) is 13.6. The molecule has 2 rings (SSSR count). The summed E-state index contributed by atoms with van der Waals surface area (Å²) in [7, 11) is 4.17. The topological polar surface area (TPSA) is 23.5 Å². The lowest BCUT2D eigenvalue weighted by atomic mass is 9.71. The Labute approximate surface area is 140 Å². The lowest BCUT2D eigenvalue weighted by Gasteiger charge is -2.37. The van der Waals surface area contributed by atoms with Gasteiger partial charge in [-0.1, -0.05) is 60.7 Å². The van der Waals surface area contributed by atoms with Crippen LogP contribution in [0.15, 0.2) is 60.7 Å². The third-order valence-electron chi connectivity index (χ3n) is 4.45. The molecular weight excluding hydrogens is 294 g/mol. The highest BCUT2D eigenvalue weighted by atomic mass is 35.5. The molecule has 0 bridgehead atoms. The highest BCUT2D eigenvalue weighted by Crippen LogP contribution is 2.37. The maximum Gasteiger partial charge on any atom is 0.0569 e. The van der Waals surface area contributed by atoms with Crippen molar-refractivity contribution in [1.82, 2.24) is 4.90 Å². The van der Waals surface area contributed by atoms with Crippen LogP contribution < -0.4 is 0 Å². The summed E-state index contributed by atoms with van der Waals surface area (Å²) in [5.74, 6) is 0. The minimum absolute atomic E-state index is 0. The van der Waals surface area contributed by atoms with Crippen LogP contribution in [0.5, 0.6) is 0 Å². The van der Waals surface area contributed by atoms with Crippen LogP contribution in [0.25, 0.3) is 0 Å². The van der Waals surface area contributed by atoms with E-state index in [0.29, 0.717) is 6.04 Å². The number of halogens is 1. The molecule has 0 heterocycles. The Balaban J connectivity index is 0.00000242. The molecule has 3 heteroatoms. The van der Waals surface area contributed by atoms with Crippen LogP contribution in [0.2, 0.25) is 0 Å². The number of aliphatic hydroxyl groups excluding tert-OH is 1. The average Bonchev–Trinajstić information content (AvgIpc) is 2.54. The molecule has 0 aromatic heterocycles. The smallest absolute Gasteiger partial charge is 0.0569 e. The van der Waals surface area contributed by atoms with Gasteiger partial charge >= 0.3 is 0 Å². The molecule has 0 amide bonds. The SMILES string of the molecule is CC(CC(CO)(c1ccccc1)c1ccccc1)N(C)C.Cl. The molecule has 2 aromatic carbocycles. The van der Waals surface area contributed by atoms with Crippen molar-refractivity contribution < 1.29 is 5.11 Å². The van der Waals surface area contributed by atoms with Gasteiger partial charge in [-0.3, -0.25) is 0 Å². The number of nitrogens with zero attached hydrogens (tertiary/aromatic N) is 1. The summed E-state index contributed by atoms with van der Waals surface area (Å²) in [6.45, 7) is 2.31. The van der Waals surface area contributed by atoms with Crippen LogP contribution >= 0.6 is 12.4 Å². The summed E-state index contributed by atoms with van der Waals surface area (Å²) < 4.78 is 0. The van der Waals surface area contributed by atoms with E-state index in [1.807, 2.05) is 36.4 Å². The maximum absolute atomic E-state index is 10.3. The van der Waals surface area contributed by atoms with Gasteiger partial charge in [0.2, 0.25) is 0 Å². The molecule has 0 aliphatic rings. The predicted octanol–water partition coefficient (Wildman–Crippen LogP) is 3.73. The fourth-order valence-electron chi connectivity index (χ4n) is 2.85. The van der Waals surface area contributed by atoms with E-state index in [1.165, 1.54) is 11.1 Å². The van der Waals surface area contributed by atoms with E-state index < -0.39 is 0 Å². The fraction of sp³-hybridized carbons (Fsp3) is 0.368. The summed E-state index contributed by atoms with van der Waals surface area (Å²) in [4.78, 5) is 2.20. The number of hydrogen-bond acceptors (Lipinski definition) is 2. The van der Waals surface area contributed by atoms with E-state index in [-0.39, 0.29) is 24.4 Å². The quantitative estimate of drug-likeness (QED) is 0.877. The Morgan fingerprint density at radius 1 is 0.909 bits per heavy atom. The Morgan fingerprint density at radius 3 is 1.64 bits per heavy atom. The van der Waals surface area contributed by atoms with Crippen molar-refractivity contribution in [2.75, 3.05) is 20.7 Å². The van der Waals surface area contributed by atoms with Crippen LogP contribution in [0.4, 0.5) is 0 Å². The Bertz CT molecular complexity index is 502. The highest BCUT2D eigenvalue weighted by molar-refractivity contribution is 5.85. The molecule has 2 aromatic rings. The van der Waals surface area contributed by atoms with Crippen molar-refractivity contribution in [2.45, 2.75) is 24.8 Å². The molecular formula is C19H26ClNO. The second kappa shape index (κ2) is 8.33. The zero-order valence-corrected chi connectivity index (χ0v) is 14.4. The first-order chi connectivity index (χ1) is 10.1. The van der Waals surface area contributed by atoms with Gasteiger partial charge in [-0.05, 0) is 38.6 Å². The fourth-order valence-corrected chi connectivity index (χ4v) is 2.85. The molecule has 0 saturated heterocycles. The van der Waals surface area contributed by atoms with Crippen LogP contribution in [0.1, 0.15) is 24.5 Å². The van der Waals surface area contributed by atoms with Gasteiger partial charge in [0, 0.05) is 11.5 Å². The molecule has 2 nitrogen and oxygen atoms in total. The lowest BCUT2D eigenvalue weighted by molar-refractivity contribution is 0.174. The largest absolute Gasteiger partial charge is 0.395 e. The van der Waals surface area contributed by atoms with Gasteiger partial charge in [0.25, 0.3) is 0 Å². The molecule has 1 N–H and O–H groups in total. The van der Waals surface area contributed by atoms with Gasteiger partial charge in [0.15, 0.2) is 0 Å². The first-order valence-corrected chi connectivity index (χ1v) is 7.48. The van der Waals surface area contributed by atoms with Gasteiger partial charge in [0.05, 0.1) is 6.61 Å². The highest BCUT2D eigenvalue weighted by Gasteiger charge is 2.35. The number of hydrogen-bond donors (Lipinski definition) is 1. The van der Waals surface area contributed by atoms with E-state index in [1.54, 1.807) is 0 Å². The normalized spacial score (nSPS) is 12.8. The molecule has 0 aliphatic heterocycles. The predicted molar refractivity (Wildman–Crippen MR) is 95.8 cm³/mol. The minimum atomic E-state index is -0.355. The van der Waals surface area contributed by atoms with E-state index >= 15 is 0 Å². The number of rotatable bonds is 6. The second-order valence-electron chi connectivity index (χ2n) is 5.99. The van der Waals surface area contributed by atoms with Gasteiger partial charge in [-0.2, -0.15) is 0 Å². The molecule has 0 fully saturated rings. The van der Waals surface area contributed by atoms with E-state index in [4.69, 9.17) is 0 Å². The zero-order chi connectivity index (χ0) is 15.3. The molecule has 0 saturated carbocycles. The second-order valence-corrected chi connectivity index (χ2v) is 5.99. The summed E-state index contributed by atoms with van der Waals surface area (Å²) >= 11 is 0. The summed E-state index contributed by atoms with van der Waals surface area (Å²) in [5, 5.41) is 10.3. The molecule has 0 spiro atoms. The van der Waals surface area contributed by atoms with Crippen molar-refractivity contribution in [3.05, 3.63) is 71.8 Å². The van der Waals surface area contributed by atoms with Gasteiger partial charge in [0.1, 0.15) is 0 Å². The van der Waals surface area contributed by atoms with Gasteiger partial charge in [-0.25, -0.2) is 0 Å². The van der Waals surface area contributed by atoms with E-state index in [0.717, 1.165) is 6.42 Å². The van der Waals surface area contributed by atoms with Gasteiger partial charge in [-0.15, -0.1) is 12.4 Å². The van der Waals surface area contributed by atoms with Crippen molar-refractivity contribution in [2.24, 2.45) is 0 Å². The van der Waals surface area contributed by atoms with Crippen molar-refractivity contribution in [3.63, 3.8) is 0 Å². The van der Waals surface area contributed by atoms with Crippen molar-refractivity contribution >= 4 is 12.4 Å². The molecule has 0 radical (unpaired) electrons. The standard InChI is InChI=1S/C19H25NO.ClH/c1-16(20(2)3)14-19(15-21,17-10-6-4-7-11-17)18-12-8-5-9-13-18;/h4-13,16,21H,14-15H2,1-3H3;1H. The number of aliphatic hydroxyl groups is 1. The first-order valence-electron chi connectivity index (χ1n) is 7.48. The van der Waals surface area contributed by atoms with E-state index in [9.17, 15) is 5.11 Å². The first kappa shape index (κ1) is 18.7. The third kappa shape index (κ3) is 3.89. The van der Waals surface area contributed by atoms with Crippen LogP contribution in [-0.4, -0.2) is 36.8 Å². The minimum Gasteiger partial charge on any atom is -0.395 e. The summed E-state index contributed by atoms with van der Waals surface area (Å²) in [5.41, 5.74) is 1.99. The van der Waals surface area contributed by atoms with E-state index in [2.05, 4.69) is 50.2 Å². The van der Waals surface area contributed by atoms with Gasteiger partial charge < -0.3 is 10.0 Å². The molecule has 120 valence electrons. The maximum atomic E-state index is 10.3. The summed E-state index contributed by atoms with van der Waals surface area (Å²) in [6.07, 6.45) is 0.879. The Kier molecular flexibility index (Phi) is 7.08. The molecule has 1 unspecified atom stereocenters. The van der Waals surface area contributed by atoms with Crippen LogP contribution in [-0.2, 0) is 5.41 Å². The summed E-state index contributed by atoms with van der Waals surface area (Å²) in [6, 6.07) is 21.1. The lowest BCUT2D eigenvalue weighted by Crippen LogP contribution is -2.39. The molecule has 22 heavy (non-hydrogen) atoms. The third-order valence-corrected chi connectivity index (χ3v) is 4.45. The average molecular weight is 320 g/mol. The van der Waals surface area contributed by atoms with Crippen LogP contribution in [0.3, 0.4) is 0 Å². The van der Waals surface area contributed by atoms with Crippen LogP contribution in [0, 0.1) is 0 Å². The monoisotopic (exact) mass is 319 g/mol. The van der Waals surface area contributed by atoms with Crippen molar-refractivity contribution in [1.29, 1.82) is 0 Å². The van der Waals surface area contributed by atoms with Crippen molar-refractivity contribution in [3.8, 4) is 0 Å². The Hall–Kier alpha value is -1.35. The molecule has 0 aliphatic carbocycles. The molecule has 1 atom stereocenters. The number of benzene rings is 2.